The predicted octanol–water partition coefficient (Wildman–Crippen LogP) is 5.14. The quantitative estimate of drug-likeness (QED) is 0.242. The average Bonchev–Trinajstić information content (AvgIpc) is 3.44. The Morgan fingerprint density at radius 2 is 1.65 bits per heavy atom. The Kier molecular flexibility index (Phi) is 10.9. The van der Waals surface area contributed by atoms with E-state index in [0.29, 0.717) is 20.3 Å². The van der Waals surface area contributed by atoms with Crippen molar-refractivity contribution in [1.82, 2.24) is 9.66 Å². The molecule has 2 amide bonds. The summed E-state index contributed by atoms with van der Waals surface area (Å²) in [6, 6.07) is 15.8. The number of rotatable bonds is 11. The molecule has 0 aliphatic rings. The van der Waals surface area contributed by atoms with Crippen LogP contribution in [0.15, 0.2) is 53.3 Å². The smallest absolute Gasteiger partial charge is 0.280 e. The zero-order valence-corrected chi connectivity index (χ0v) is 27.8. The number of aromatic nitrogens is 2. The lowest BCUT2D eigenvalue weighted by atomic mass is 9.99. The van der Waals surface area contributed by atoms with E-state index in [1.807, 2.05) is 38.1 Å². The largest absolute Gasteiger partial charge is 0.492 e. The van der Waals surface area contributed by atoms with Crippen LogP contribution in [0.2, 0.25) is 0 Å². The monoisotopic (exact) mass is 637 g/mol. The summed E-state index contributed by atoms with van der Waals surface area (Å²) >= 11 is 1.42. The molecule has 0 saturated carbocycles. The molecule has 2 aromatic carbocycles. The van der Waals surface area contributed by atoms with Crippen molar-refractivity contribution < 1.29 is 14.7 Å². The Morgan fingerprint density at radius 3 is 2.20 bits per heavy atom. The van der Waals surface area contributed by atoms with E-state index in [1.165, 1.54) is 23.5 Å². The van der Waals surface area contributed by atoms with Crippen LogP contribution < -0.4 is 25.9 Å². The summed E-state index contributed by atoms with van der Waals surface area (Å²) in [5.74, 6) is -2.51. The maximum atomic E-state index is 14.2. The number of carbonyl (C=O) groups excluding carboxylic acids is 2. The van der Waals surface area contributed by atoms with Gasteiger partial charge in [-0.25, -0.2) is 4.98 Å². The van der Waals surface area contributed by atoms with Gasteiger partial charge in [-0.05, 0) is 56.0 Å². The first-order chi connectivity index (χ1) is 22.0. The number of aromatic hydroxyl groups is 1. The van der Waals surface area contributed by atoms with Gasteiger partial charge < -0.3 is 10.0 Å². The molecule has 0 radical (unpaired) electrons. The summed E-state index contributed by atoms with van der Waals surface area (Å²) in [5, 5.41) is 22.5. The van der Waals surface area contributed by atoms with Gasteiger partial charge in [0.15, 0.2) is 5.13 Å². The normalized spacial score (nSPS) is 11.3. The minimum Gasteiger partial charge on any atom is -0.492 e. The molecule has 0 bridgehead atoms. The molecule has 4 aromatic rings. The number of thiazole rings is 1. The van der Waals surface area contributed by atoms with Crippen LogP contribution in [0.1, 0.15) is 78.4 Å². The third-order valence-corrected chi connectivity index (χ3v) is 8.83. The molecule has 2 heterocycles. The molecule has 0 aliphatic heterocycles. The molecule has 0 saturated heterocycles. The SMILES string of the molecule is C=c1c(C#N)c(O)n(N(C(C)=O)C(=O)c2ccccc2)c(=O)/c1=C\c1sc(N(CCCC)CCCC)nc1-c1c(C)cccc1C. The van der Waals surface area contributed by atoms with Crippen LogP contribution in [-0.2, 0) is 4.79 Å². The van der Waals surface area contributed by atoms with E-state index in [1.54, 1.807) is 24.3 Å². The van der Waals surface area contributed by atoms with Crippen molar-refractivity contribution in [2.75, 3.05) is 23.0 Å². The number of hydrogen-bond donors (Lipinski definition) is 1. The highest BCUT2D eigenvalue weighted by Gasteiger charge is 2.28. The lowest BCUT2D eigenvalue weighted by molar-refractivity contribution is -0.117. The molecule has 0 spiro atoms. The molecular weight excluding hydrogens is 598 g/mol. The molecule has 0 unspecified atom stereocenters. The maximum absolute atomic E-state index is 14.2. The summed E-state index contributed by atoms with van der Waals surface area (Å²) in [6.07, 6.45) is 5.65. The van der Waals surface area contributed by atoms with E-state index >= 15 is 0 Å². The van der Waals surface area contributed by atoms with Crippen molar-refractivity contribution in [2.24, 2.45) is 0 Å². The number of carbonyl (C=O) groups is 2. The molecule has 46 heavy (non-hydrogen) atoms. The lowest BCUT2D eigenvalue weighted by Crippen LogP contribution is -2.56. The number of nitriles is 1. The second-order valence-corrected chi connectivity index (χ2v) is 12.1. The molecule has 1 N–H and O–H groups in total. The molecule has 0 atom stereocenters. The Morgan fingerprint density at radius 1 is 1.04 bits per heavy atom. The Hall–Kier alpha value is -5.01. The van der Waals surface area contributed by atoms with Gasteiger partial charge in [0.2, 0.25) is 11.8 Å². The number of imide groups is 1. The molecule has 9 nitrogen and oxygen atoms in total. The Labute approximate surface area is 273 Å². The number of amides is 2. The second-order valence-electron chi connectivity index (χ2n) is 11.1. The van der Waals surface area contributed by atoms with Crippen LogP contribution in [-0.4, -0.2) is 39.7 Å². The highest BCUT2D eigenvalue weighted by molar-refractivity contribution is 7.16. The van der Waals surface area contributed by atoms with Crippen LogP contribution in [0.3, 0.4) is 0 Å². The summed E-state index contributed by atoms with van der Waals surface area (Å²) < 4.78 is 0.562. The Bertz CT molecular complexity index is 1950. The summed E-state index contributed by atoms with van der Waals surface area (Å²) in [6.45, 7) is 15.0. The van der Waals surface area contributed by atoms with E-state index in [-0.39, 0.29) is 21.6 Å². The minimum atomic E-state index is -0.878. The number of unbranched alkanes of at least 4 members (excludes halogenated alkanes) is 2. The molecular formula is C36H39N5O4S. The van der Waals surface area contributed by atoms with E-state index in [4.69, 9.17) is 4.98 Å². The summed E-state index contributed by atoms with van der Waals surface area (Å²) in [5.41, 5.74) is 2.53. The van der Waals surface area contributed by atoms with Crippen molar-refractivity contribution >= 4 is 40.9 Å². The van der Waals surface area contributed by atoms with Crippen molar-refractivity contribution in [1.29, 1.82) is 5.26 Å². The number of hydrogen-bond acceptors (Lipinski definition) is 8. The van der Waals surface area contributed by atoms with Crippen LogP contribution >= 0.6 is 11.3 Å². The van der Waals surface area contributed by atoms with Gasteiger partial charge in [0, 0.05) is 36.4 Å². The van der Waals surface area contributed by atoms with Crippen molar-refractivity contribution in [3.05, 3.63) is 96.5 Å². The fraction of sp³-hybridized carbons (Fsp3) is 0.306. The maximum Gasteiger partial charge on any atom is 0.280 e. The van der Waals surface area contributed by atoms with Crippen LogP contribution in [0.4, 0.5) is 5.13 Å². The van der Waals surface area contributed by atoms with Gasteiger partial charge >= 0.3 is 0 Å². The zero-order valence-electron chi connectivity index (χ0n) is 27.0. The van der Waals surface area contributed by atoms with Crippen molar-refractivity contribution in [3.8, 4) is 23.2 Å². The first-order valence-electron chi connectivity index (χ1n) is 15.4. The van der Waals surface area contributed by atoms with Gasteiger partial charge in [0.1, 0.15) is 11.6 Å². The lowest BCUT2D eigenvalue weighted by Gasteiger charge is -2.22. The van der Waals surface area contributed by atoms with Crippen molar-refractivity contribution in [3.63, 3.8) is 0 Å². The van der Waals surface area contributed by atoms with E-state index in [9.17, 15) is 24.8 Å². The number of pyridine rings is 1. The molecule has 10 heteroatoms. The van der Waals surface area contributed by atoms with Crippen molar-refractivity contribution in [2.45, 2.75) is 60.3 Å². The van der Waals surface area contributed by atoms with Crippen LogP contribution in [0.25, 0.3) is 23.9 Å². The Balaban J connectivity index is 2.07. The van der Waals surface area contributed by atoms with Gasteiger partial charge in [0.25, 0.3) is 11.5 Å². The third-order valence-electron chi connectivity index (χ3n) is 7.77. The highest BCUT2D eigenvalue weighted by atomic mass is 32.1. The minimum absolute atomic E-state index is 0.0202. The molecule has 0 aliphatic carbocycles. The summed E-state index contributed by atoms with van der Waals surface area (Å²) in [7, 11) is 0. The average molecular weight is 638 g/mol. The van der Waals surface area contributed by atoms with Gasteiger partial charge in [0.05, 0.1) is 15.8 Å². The van der Waals surface area contributed by atoms with Crippen LogP contribution in [0.5, 0.6) is 5.88 Å². The molecule has 2 aromatic heterocycles. The number of nitrogens with zero attached hydrogens (tertiary/aromatic N) is 5. The third kappa shape index (κ3) is 6.80. The topological polar surface area (TPSA) is 120 Å². The fourth-order valence-corrected chi connectivity index (χ4v) is 6.36. The molecule has 4 rings (SSSR count). The molecule has 0 fully saturated rings. The fourth-order valence-electron chi connectivity index (χ4n) is 5.30. The molecule has 238 valence electrons. The first kappa shape index (κ1) is 33.9. The van der Waals surface area contributed by atoms with E-state index < -0.39 is 23.3 Å². The van der Waals surface area contributed by atoms with Gasteiger partial charge in [-0.1, -0.05) is 81.0 Å². The number of anilines is 1. The second kappa shape index (κ2) is 14.8. The predicted molar refractivity (Wildman–Crippen MR) is 184 cm³/mol. The number of benzene rings is 2. The summed E-state index contributed by atoms with van der Waals surface area (Å²) in [4.78, 5) is 48.7. The zero-order chi connectivity index (χ0) is 33.5. The van der Waals surface area contributed by atoms with E-state index in [2.05, 4.69) is 25.3 Å². The van der Waals surface area contributed by atoms with Crippen LogP contribution in [0, 0.1) is 25.2 Å². The first-order valence-corrected chi connectivity index (χ1v) is 16.2. The van der Waals surface area contributed by atoms with Gasteiger partial charge in [-0.2, -0.15) is 14.9 Å². The van der Waals surface area contributed by atoms with Gasteiger partial charge in [-0.3, -0.25) is 14.4 Å². The number of aryl methyl sites for hydroxylation is 2. The van der Waals surface area contributed by atoms with Gasteiger partial charge in [-0.15, -0.1) is 0 Å². The van der Waals surface area contributed by atoms with E-state index in [0.717, 1.165) is 67.5 Å². The standard InChI is InChI=1S/C36H39N5O4S/c1-7-9-19-39(20-10-8-2)36-38-32(31-23(3)15-14-16-24(31)4)30(46-36)21-28-25(5)29(22-37)35(45)41(34(28)44)40(26(6)42)33(43)27-17-12-11-13-18-27/h11-18,21,45H,5,7-10,19-20H2,1-4,6H3/b28-21-. The highest BCUT2D eigenvalue weighted by Crippen LogP contribution is 2.37.